The number of carbonyl (C=O) groups is 1. The first-order valence-corrected chi connectivity index (χ1v) is 5.39. The summed E-state index contributed by atoms with van der Waals surface area (Å²) in [5, 5.41) is 0. The van der Waals surface area contributed by atoms with Crippen LogP contribution in [0.1, 0.15) is 34.1 Å². The average Bonchev–Trinajstić information content (AvgIpc) is 2.42. The molecule has 0 atom stereocenters. The summed E-state index contributed by atoms with van der Waals surface area (Å²) in [4.78, 5) is 12.2. The summed E-state index contributed by atoms with van der Waals surface area (Å²) in [6.07, 6.45) is 4.50. The predicted octanol–water partition coefficient (Wildman–Crippen LogP) is 2.89. The second-order valence-corrected chi connectivity index (χ2v) is 4.61. The SMILES string of the molecule is COC1(C(=O)CC(C)C)C(C)=CC=C1C. The highest BCUT2D eigenvalue weighted by molar-refractivity contribution is 5.95. The Balaban J connectivity index is 3.00. The van der Waals surface area contributed by atoms with Crippen LogP contribution in [0.4, 0.5) is 0 Å². The first-order valence-electron chi connectivity index (χ1n) is 5.39. The second-order valence-electron chi connectivity index (χ2n) is 4.61. The summed E-state index contributed by atoms with van der Waals surface area (Å²) in [6.45, 7) is 8.01. The minimum Gasteiger partial charge on any atom is -0.362 e. The summed E-state index contributed by atoms with van der Waals surface area (Å²) >= 11 is 0. The van der Waals surface area contributed by atoms with Crippen LogP contribution in [0.3, 0.4) is 0 Å². The maximum Gasteiger partial charge on any atom is 0.173 e. The van der Waals surface area contributed by atoms with Crippen molar-refractivity contribution in [3.8, 4) is 0 Å². The van der Waals surface area contributed by atoms with Gasteiger partial charge in [0.05, 0.1) is 0 Å². The summed E-state index contributed by atoms with van der Waals surface area (Å²) in [5.41, 5.74) is 1.21. The zero-order chi connectivity index (χ0) is 11.6. The van der Waals surface area contributed by atoms with E-state index in [1.54, 1.807) is 7.11 Å². The third-order valence-electron chi connectivity index (χ3n) is 2.99. The third kappa shape index (κ3) is 1.91. The van der Waals surface area contributed by atoms with Crippen molar-refractivity contribution in [2.45, 2.75) is 39.7 Å². The van der Waals surface area contributed by atoms with E-state index >= 15 is 0 Å². The maximum atomic E-state index is 12.2. The zero-order valence-electron chi connectivity index (χ0n) is 10.3. The van der Waals surface area contributed by atoms with Gasteiger partial charge in [0.15, 0.2) is 11.4 Å². The van der Waals surface area contributed by atoms with E-state index in [9.17, 15) is 4.79 Å². The number of hydrogen-bond acceptors (Lipinski definition) is 2. The van der Waals surface area contributed by atoms with Gasteiger partial charge in [0.1, 0.15) is 0 Å². The number of allylic oxidation sites excluding steroid dienone is 2. The lowest BCUT2D eigenvalue weighted by atomic mass is 9.83. The topological polar surface area (TPSA) is 26.3 Å². The molecule has 0 aromatic carbocycles. The van der Waals surface area contributed by atoms with E-state index in [1.165, 1.54) is 0 Å². The number of methoxy groups -OCH3 is 1. The molecular weight excluding hydrogens is 188 g/mol. The van der Waals surface area contributed by atoms with Crippen LogP contribution in [0.2, 0.25) is 0 Å². The van der Waals surface area contributed by atoms with Crippen molar-refractivity contribution in [1.82, 2.24) is 0 Å². The van der Waals surface area contributed by atoms with Crippen LogP contribution in [0.25, 0.3) is 0 Å². The number of carbonyl (C=O) groups excluding carboxylic acids is 1. The summed E-state index contributed by atoms with van der Waals surface area (Å²) in [6, 6.07) is 0. The lowest BCUT2D eigenvalue weighted by Crippen LogP contribution is -2.42. The van der Waals surface area contributed by atoms with E-state index in [4.69, 9.17) is 4.74 Å². The molecule has 0 amide bonds. The van der Waals surface area contributed by atoms with Crippen LogP contribution in [-0.4, -0.2) is 18.5 Å². The van der Waals surface area contributed by atoms with Gasteiger partial charge in [-0.15, -0.1) is 0 Å². The molecule has 2 heteroatoms. The van der Waals surface area contributed by atoms with Gasteiger partial charge in [0, 0.05) is 13.5 Å². The van der Waals surface area contributed by atoms with E-state index in [-0.39, 0.29) is 5.78 Å². The van der Waals surface area contributed by atoms with Crippen molar-refractivity contribution >= 4 is 5.78 Å². The molecular formula is C13H20O2. The van der Waals surface area contributed by atoms with Gasteiger partial charge in [-0.05, 0) is 30.9 Å². The largest absolute Gasteiger partial charge is 0.362 e. The molecule has 0 saturated heterocycles. The maximum absolute atomic E-state index is 12.2. The van der Waals surface area contributed by atoms with Gasteiger partial charge in [-0.3, -0.25) is 4.79 Å². The molecule has 1 aliphatic carbocycles. The Hall–Kier alpha value is -0.890. The molecule has 15 heavy (non-hydrogen) atoms. The Bertz CT molecular complexity index is 303. The molecule has 0 heterocycles. The Labute approximate surface area is 92.0 Å². The van der Waals surface area contributed by atoms with E-state index in [0.29, 0.717) is 12.3 Å². The summed E-state index contributed by atoms with van der Waals surface area (Å²) in [7, 11) is 1.61. The van der Waals surface area contributed by atoms with Crippen molar-refractivity contribution in [3.05, 3.63) is 23.3 Å². The molecule has 0 radical (unpaired) electrons. The fourth-order valence-electron chi connectivity index (χ4n) is 2.19. The molecule has 0 bridgehead atoms. The predicted molar refractivity (Wildman–Crippen MR) is 61.7 cm³/mol. The fourth-order valence-corrected chi connectivity index (χ4v) is 2.19. The standard InChI is InChI=1S/C13H20O2/c1-9(2)8-12(14)13(15-5)10(3)6-7-11(13)4/h6-7,9H,8H2,1-5H3. The monoisotopic (exact) mass is 208 g/mol. The number of rotatable bonds is 4. The fraction of sp³-hybridized carbons (Fsp3) is 0.615. The molecule has 0 aromatic rings. The van der Waals surface area contributed by atoms with Crippen LogP contribution in [0.5, 0.6) is 0 Å². The van der Waals surface area contributed by atoms with Gasteiger partial charge >= 0.3 is 0 Å². The highest BCUT2D eigenvalue weighted by Crippen LogP contribution is 2.36. The normalized spacial score (nSPS) is 19.1. The molecule has 0 spiro atoms. The Kier molecular flexibility index (Phi) is 3.50. The highest BCUT2D eigenvalue weighted by Gasteiger charge is 2.43. The molecule has 0 aromatic heterocycles. The zero-order valence-corrected chi connectivity index (χ0v) is 10.3. The average molecular weight is 208 g/mol. The molecule has 2 nitrogen and oxygen atoms in total. The van der Waals surface area contributed by atoms with Crippen molar-refractivity contribution in [2.24, 2.45) is 5.92 Å². The molecule has 1 rings (SSSR count). The van der Waals surface area contributed by atoms with Crippen LogP contribution in [-0.2, 0) is 9.53 Å². The van der Waals surface area contributed by atoms with Crippen LogP contribution in [0.15, 0.2) is 23.3 Å². The van der Waals surface area contributed by atoms with E-state index in [2.05, 4.69) is 0 Å². The van der Waals surface area contributed by atoms with Crippen molar-refractivity contribution in [2.75, 3.05) is 7.11 Å². The van der Waals surface area contributed by atoms with Crippen LogP contribution in [0, 0.1) is 5.92 Å². The molecule has 0 N–H and O–H groups in total. The number of hydrogen-bond donors (Lipinski definition) is 0. The van der Waals surface area contributed by atoms with E-state index in [1.807, 2.05) is 39.8 Å². The molecule has 0 saturated carbocycles. The number of ether oxygens (including phenoxy) is 1. The van der Waals surface area contributed by atoms with E-state index in [0.717, 1.165) is 11.1 Å². The molecule has 84 valence electrons. The second kappa shape index (κ2) is 4.31. The van der Waals surface area contributed by atoms with Crippen molar-refractivity contribution in [3.63, 3.8) is 0 Å². The molecule has 1 aliphatic rings. The molecule has 0 fully saturated rings. The lowest BCUT2D eigenvalue weighted by Gasteiger charge is -2.30. The number of ketones is 1. The quantitative estimate of drug-likeness (QED) is 0.710. The molecule has 0 unspecified atom stereocenters. The van der Waals surface area contributed by atoms with Crippen LogP contribution >= 0.6 is 0 Å². The van der Waals surface area contributed by atoms with Gasteiger partial charge in [-0.2, -0.15) is 0 Å². The Morgan fingerprint density at radius 2 is 1.80 bits per heavy atom. The summed E-state index contributed by atoms with van der Waals surface area (Å²) < 4.78 is 5.50. The minimum absolute atomic E-state index is 0.167. The smallest absolute Gasteiger partial charge is 0.173 e. The highest BCUT2D eigenvalue weighted by atomic mass is 16.5. The van der Waals surface area contributed by atoms with Gasteiger partial charge in [0.2, 0.25) is 0 Å². The Morgan fingerprint density at radius 3 is 2.13 bits per heavy atom. The summed E-state index contributed by atoms with van der Waals surface area (Å²) in [5.74, 6) is 0.533. The van der Waals surface area contributed by atoms with Gasteiger partial charge in [0.25, 0.3) is 0 Å². The first-order chi connectivity index (χ1) is 6.95. The first kappa shape index (κ1) is 12.2. The van der Waals surface area contributed by atoms with Crippen molar-refractivity contribution in [1.29, 1.82) is 0 Å². The third-order valence-corrected chi connectivity index (χ3v) is 2.99. The Morgan fingerprint density at radius 1 is 1.33 bits per heavy atom. The minimum atomic E-state index is -0.774. The lowest BCUT2D eigenvalue weighted by molar-refractivity contribution is -0.133. The number of Topliss-reactive ketones (excluding diaryl/α,β-unsaturated/α-hetero) is 1. The van der Waals surface area contributed by atoms with Gasteiger partial charge in [-0.1, -0.05) is 26.0 Å². The van der Waals surface area contributed by atoms with Gasteiger partial charge in [-0.25, -0.2) is 0 Å². The van der Waals surface area contributed by atoms with Crippen LogP contribution < -0.4 is 0 Å². The van der Waals surface area contributed by atoms with E-state index < -0.39 is 5.60 Å². The van der Waals surface area contributed by atoms with Crippen molar-refractivity contribution < 1.29 is 9.53 Å². The van der Waals surface area contributed by atoms with Gasteiger partial charge < -0.3 is 4.74 Å². The molecule has 0 aliphatic heterocycles.